The van der Waals surface area contributed by atoms with E-state index in [-0.39, 0.29) is 0 Å². The van der Waals surface area contributed by atoms with Gasteiger partial charge in [-0.1, -0.05) is 54.3 Å². The average Bonchev–Trinajstić information content (AvgIpc) is 2.64. The maximum absolute atomic E-state index is 12.0. The van der Waals surface area contributed by atoms with E-state index in [0.29, 0.717) is 6.54 Å². The molecular weight excluding hydrogens is 305 g/mol. The van der Waals surface area contributed by atoms with Crippen molar-refractivity contribution in [3.63, 3.8) is 0 Å². The first-order valence-corrected chi connectivity index (χ1v) is 7.85. The van der Waals surface area contributed by atoms with Crippen LogP contribution >= 0.6 is 0 Å². The lowest BCUT2D eigenvalue weighted by Gasteiger charge is -2.04. The number of aryl methyl sites for hydroxylation is 1. The molecule has 2 aromatic carbocycles. The Morgan fingerprint density at radius 3 is 2.71 bits per heavy atom. The summed E-state index contributed by atoms with van der Waals surface area (Å²) in [4.78, 5) is 10.8. The molecule has 0 aliphatic rings. The summed E-state index contributed by atoms with van der Waals surface area (Å²) in [6.45, 7) is -0.528. The molecule has 2 rings (SSSR count). The van der Waals surface area contributed by atoms with Crippen molar-refractivity contribution in [3.05, 3.63) is 71.3 Å². The SMILES string of the molecule is O=C(CF)NCCCc1cccc(C#CC(O)c2ccccc2)c1. The summed E-state index contributed by atoms with van der Waals surface area (Å²) in [5.41, 5.74) is 2.69. The standard InChI is InChI=1S/C20H20FNO2/c21-15-20(24)22-13-5-8-16-6-4-7-17(14-16)11-12-19(23)18-9-2-1-3-10-18/h1-4,6-7,9-10,14,19,23H,5,8,13,15H2,(H,22,24). The summed E-state index contributed by atoms with van der Waals surface area (Å²) in [5, 5.41) is 12.6. The number of hydrogen-bond donors (Lipinski definition) is 2. The fourth-order valence-electron chi connectivity index (χ4n) is 2.24. The monoisotopic (exact) mass is 325 g/mol. The van der Waals surface area contributed by atoms with E-state index in [1.807, 2.05) is 54.6 Å². The van der Waals surface area contributed by atoms with Gasteiger partial charge in [-0.3, -0.25) is 4.79 Å². The van der Waals surface area contributed by atoms with Crippen LogP contribution in [0, 0.1) is 11.8 Å². The van der Waals surface area contributed by atoms with Crippen molar-refractivity contribution < 1.29 is 14.3 Å². The van der Waals surface area contributed by atoms with Crippen LogP contribution in [0.15, 0.2) is 54.6 Å². The third-order valence-electron chi connectivity index (χ3n) is 3.48. The van der Waals surface area contributed by atoms with Crippen LogP contribution in [0.4, 0.5) is 4.39 Å². The van der Waals surface area contributed by atoms with E-state index in [4.69, 9.17) is 0 Å². The first-order chi connectivity index (χ1) is 11.7. The third-order valence-corrected chi connectivity index (χ3v) is 3.48. The van der Waals surface area contributed by atoms with Crippen LogP contribution in [0.25, 0.3) is 0 Å². The van der Waals surface area contributed by atoms with Gasteiger partial charge in [-0.05, 0) is 36.1 Å². The molecule has 0 bridgehead atoms. The third kappa shape index (κ3) is 5.86. The number of rotatable bonds is 6. The van der Waals surface area contributed by atoms with Crippen LogP contribution in [0.3, 0.4) is 0 Å². The van der Waals surface area contributed by atoms with E-state index in [2.05, 4.69) is 17.2 Å². The highest BCUT2D eigenvalue weighted by atomic mass is 19.1. The minimum atomic E-state index is -0.977. The highest BCUT2D eigenvalue weighted by molar-refractivity contribution is 5.76. The Bertz CT molecular complexity index is 719. The van der Waals surface area contributed by atoms with Crippen molar-refractivity contribution in [2.24, 2.45) is 0 Å². The van der Waals surface area contributed by atoms with Gasteiger partial charge in [-0.2, -0.15) is 0 Å². The lowest BCUT2D eigenvalue weighted by atomic mass is 10.1. The normalized spacial score (nSPS) is 11.2. The molecule has 1 unspecified atom stereocenters. The summed E-state index contributed by atoms with van der Waals surface area (Å²) >= 11 is 0. The summed E-state index contributed by atoms with van der Waals surface area (Å²) < 4.78 is 12.0. The Kier molecular flexibility index (Phi) is 7.00. The Balaban J connectivity index is 1.91. The lowest BCUT2D eigenvalue weighted by molar-refractivity contribution is -0.121. The van der Waals surface area contributed by atoms with Gasteiger partial charge in [0.1, 0.15) is 6.10 Å². The summed E-state index contributed by atoms with van der Waals surface area (Å²) in [6.07, 6.45) is 0.684. The second-order valence-corrected chi connectivity index (χ2v) is 5.37. The molecule has 4 heteroatoms. The molecule has 0 heterocycles. The Hall–Kier alpha value is -2.64. The Morgan fingerprint density at radius 2 is 1.96 bits per heavy atom. The largest absolute Gasteiger partial charge is 0.376 e. The number of nitrogens with one attached hydrogen (secondary N) is 1. The highest BCUT2D eigenvalue weighted by Gasteiger charge is 2.02. The van der Waals surface area contributed by atoms with Crippen molar-refractivity contribution in [1.29, 1.82) is 0 Å². The van der Waals surface area contributed by atoms with Gasteiger partial charge >= 0.3 is 0 Å². The van der Waals surface area contributed by atoms with Gasteiger partial charge in [0.05, 0.1) is 0 Å². The maximum atomic E-state index is 12.0. The summed E-state index contributed by atoms with van der Waals surface area (Å²) in [7, 11) is 0. The van der Waals surface area contributed by atoms with Crippen molar-refractivity contribution in [2.45, 2.75) is 18.9 Å². The van der Waals surface area contributed by atoms with Crippen molar-refractivity contribution >= 4 is 5.91 Å². The van der Waals surface area contributed by atoms with Gasteiger partial charge < -0.3 is 10.4 Å². The van der Waals surface area contributed by atoms with Gasteiger partial charge in [0.15, 0.2) is 6.67 Å². The minimum Gasteiger partial charge on any atom is -0.376 e. The van der Waals surface area contributed by atoms with Crippen LogP contribution in [-0.4, -0.2) is 24.2 Å². The number of alkyl halides is 1. The van der Waals surface area contributed by atoms with Gasteiger partial charge in [-0.25, -0.2) is 4.39 Å². The van der Waals surface area contributed by atoms with Crippen molar-refractivity contribution in [1.82, 2.24) is 5.32 Å². The van der Waals surface area contributed by atoms with Gasteiger partial charge in [0, 0.05) is 12.1 Å². The van der Waals surface area contributed by atoms with Crippen LogP contribution in [0.1, 0.15) is 29.2 Å². The second-order valence-electron chi connectivity index (χ2n) is 5.37. The number of aliphatic hydroxyl groups is 1. The zero-order chi connectivity index (χ0) is 17.2. The fourth-order valence-corrected chi connectivity index (χ4v) is 2.24. The van der Waals surface area contributed by atoms with E-state index in [1.54, 1.807) is 0 Å². The molecule has 0 spiro atoms. The number of aliphatic hydroxyl groups excluding tert-OH is 1. The lowest BCUT2D eigenvalue weighted by Crippen LogP contribution is -2.25. The molecule has 124 valence electrons. The molecule has 2 N–H and O–H groups in total. The number of halogens is 1. The average molecular weight is 325 g/mol. The smallest absolute Gasteiger partial charge is 0.251 e. The molecule has 1 amide bonds. The molecule has 24 heavy (non-hydrogen) atoms. The van der Waals surface area contributed by atoms with E-state index in [9.17, 15) is 14.3 Å². The number of amides is 1. The Labute approximate surface area is 141 Å². The van der Waals surface area contributed by atoms with Crippen LogP contribution in [0.5, 0.6) is 0 Å². The Morgan fingerprint density at radius 1 is 1.17 bits per heavy atom. The van der Waals surface area contributed by atoms with E-state index >= 15 is 0 Å². The predicted octanol–water partition coefficient (Wildman–Crippen LogP) is 2.79. The van der Waals surface area contributed by atoms with Gasteiger partial charge in [0.25, 0.3) is 5.91 Å². The van der Waals surface area contributed by atoms with Gasteiger partial charge in [0.2, 0.25) is 0 Å². The molecule has 0 saturated carbocycles. The first kappa shape index (κ1) is 17.7. The molecule has 0 saturated heterocycles. The van der Waals surface area contributed by atoms with E-state index in [1.165, 1.54) is 0 Å². The molecule has 0 aliphatic heterocycles. The van der Waals surface area contributed by atoms with Crippen molar-refractivity contribution in [2.75, 3.05) is 13.2 Å². The number of hydrogen-bond acceptors (Lipinski definition) is 2. The first-order valence-electron chi connectivity index (χ1n) is 7.85. The molecule has 0 aliphatic carbocycles. The summed E-state index contributed by atoms with van der Waals surface area (Å²) in [6, 6.07) is 17.0. The zero-order valence-electron chi connectivity index (χ0n) is 13.3. The van der Waals surface area contributed by atoms with Crippen LogP contribution < -0.4 is 5.32 Å². The second kappa shape index (κ2) is 9.49. The van der Waals surface area contributed by atoms with Crippen LogP contribution in [-0.2, 0) is 11.2 Å². The van der Waals surface area contributed by atoms with Crippen LogP contribution in [0.2, 0.25) is 0 Å². The van der Waals surface area contributed by atoms with Crippen molar-refractivity contribution in [3.8, 4) is 11.8 Å². The predicted molar refractivity (Wildman–Crippen MR) is 92.0 cm³/mol. The zero-order valence-corrected chi connectivity index (χ0v) is 13.3. The topological polar surface area (TPSA) is 49.3 Å². The molecule has 0 fully saturated rings. The fraction of sp³-hybridized carbons (Fsp3) is 0.250. The molecular formula is C20H20FNO2. The molecule has 0 radical (unpaired) electrons. The maximum Gasteiger partial charge on any atom is 0.251 e. The van der Waals surface area contributed by atoms with Gasteiger partial charge in [-0.15, -0.1) is 0 Å². The summed E-state index contributed by atoms with van der Waals surface area (Å²) in [5.74, 6) is 5.24. The number of carbonyl (C=O) groups is 1. The van der Waals surface area contributed by atoms with E-state index in [0.717, 1.165) is 29.5 Å². The molecule has 2 aromatic rings. The molecule has 0 aromatic heterocycles. The molecule has 3 nitrogen and oxygen atoms in total. The number of carbonyl (C=O) groups excluding carboxylic acids is 1. The minimum absolute atomic E-state index is 0.450. The molecule has 1 atom stereocenters. The number of benzene rings is 2. The van der Waals surface area contributed by atoms with E-state index < -0.39 is 18.7 Å². The quantitative estimate of drug-likeness (QED) is 0.634. The highest BCUT2D eigenvalue weighted by Crippen LogP contribution is 2.11.